The van der Waals surface area contributed by atoms with Gasteiger partial charge in [-0.25, -0.2) is 0 Å². The molecule has 3 heteroatoms. The highest BCUT2D eigenvalue weighted by atomic mass is 16.5. The van der Waals surface area contributed by atoms with Crippen LogP contribution in [0.15, 0.2) is 24.3 Å². The van der Waals surface area contributed by atoms with E-state index in [1.807, 2.05) is 57.1 Å². The highest BCUT2D eigenvalue weighted by Crippen LogP contribution is 2.23. The van der Waals surface area contributed by atoms with Crippen molar-refractivity contribution in [2.24, 2.45) is 0 Å². The third-order valence-electron chi connectivity index (χ3n) is 2.79. The van der Waals surface area contributed by atoms with Gasteiger partial charge in [0.1, 0.15) is 0 Å². The molecule has 1 unspecified atom stereocenters. The predicted molar refractivity (Wildman–Crippen MR) is 70.4 cm³/mol. The number of carbonyl (C=O) groups is 1. The van der Waals surface area contributed by atoms with Crippen molar-refractivity contribution in [3.63, 3.8) is 0 Å². The van der Waals surface area contributed by atoms with Gasteiger partial charge in [-0.15, -0.1) is 0 Å². The molecule has 0 amide bonds. The third kappa shape index (κ3) is 3.48. The van der Waals surface area contributed by atoms with Crippen LogP contribution in [0.3, 0.4) is 0 Å². The van der Waals surface area contributed by atoms with Crippen molar-refractivity contribution in [3.05, 3.63) is 29.8 Å². The average molecular weight is 235 g/mol. The molecular weight excluding hydrogens is 214 g/mol. The quantitative estimate of drug-likeness (QED) is 0.735. The average Bonchev–Trinajstić information content (AvgIpc) is 2.31. The molecule has 1 rings (SSSR count). The van der Waals surface area contributed by atoms with Crippen molar-refractivity contribution in [2.45, 2.75) is 26.2 Å². The molecule has 94 valence electrons. The molecule has 0 N–H and O–H groups in total. The Labute approximate surface area is 103 Å². The number of ether oxygens (including phenoxy) is 1. The summed E-state index contributed by atoms with van der Waals surface area (Å²) in [6.45, 7) is 4.27. The summed E-state index contributed by atoms with van der Waals surface area (Å²) in [6.07, 6.45) is 0.764. The number of anilines is 1. The summed E-state index contributed by atoms with van der Waals surface area (Å²) in [4.78, 5) is 13.8. The van der Waals surface area contributed by atoms with Gasteiger partial charge in [-0.3, -0.25) is 4.79 Å². The summed E-state index contributed by atoms with van der Waals surface area (Å²) in [6, 6.07) is 8.05. The van der Waals surface area contributed by atoms with E-state index in [1.54, 1.807) is 0 Å². The number of nitrogens with zero attached hydrogens (tertiary/aromatic N) is 1. The van der Waals surface area contributed by atoms with Crippen molar-refractivity contribution < 1.29 is 9.53 Å². The second-order valence-corrected chi connectivity index (χ2v) is 4.20. The Bertz CT molecular complexity index is 357. The van der Waals surface area contributed by atoms with Gasteiger partial charge in [0.15, 0.2) is 0 Å². The van der Waals surface area contributed by atoms with Gasteiger partial charge in [-0.1, -0.05) is 19.1 Å². The van der Waals surface area contributed by atoms with Gasteiger partial charge >= 0.3 is 5.97 Å². The third-order valence-corrected chi connectivity index (χ3v) is 2.79. The molecule has 0 aliphatic carbocycles. The van der Waals surface area contributed by atoms with E-state index in [1.165, 1.54) is 0 Å². The van der Waals surface area contributed by atoms with Gasteiger partial charge in [-0.2, -0.15) is 0 Å². The smallest absolute Gasteiger partial charge is 0.313 e. The Hall–Kier alpha value is -1.51. The Morgan fingerprint density at radius 2 is 1.82 bits per heavy atom. The largest absolute Gasteiger partial charge is 0.466 e. The SMILES string of the molecule is CCOC(=O)C(CC)c1ccc(N(C)C)cc1. The van der Waals surface area contributed by atoms with Crippen LogP contribution in [0.4, 0.5) is 5.69 Å². The molecule has 0 radical (unpaired) electrons. The van der Waals surface area contributed by atoms with E-state index < -0.39 is 0 Å². The van der Waals surface area contributed by atoms with Crippen LogP contribution in [0.25, 0.3) is 0 Å². The molecule has 0 aliphatic heterocycles. The minimum absolute atomic E-state index is 0.132. The van der Waals surface area contributed by atoms with E-state index in [4.69, 9.17) is 4.74 Å². The van der Waals surface area contributed by atoms with Gasteiger partial charge in [0.25, 0.3) is 0 Å². The molecule has 1 aromatic rings. The van der Waals surface area contributed by atoms with Crippen LogP contribution in [-0.4, -0.2) is 26.7 Å². The first-order valence-corrected chi connectivity index (χ1v) is 6.04. The lowest BCUT2D eigenvalue weighted by molar-refractivity contribution is -0.145. The maximum absolute atomic E-state index is 11.8. The van der Waals surface area contributed by atoms with E-state index in [9.17, 15) is 4.79 Å². The second kappa shape index (κ2) is 6.28. The summed E-state index contributed by atoms with van der Waals surface area (Å²) in [5.74, 6) is -0.279. The molecule has 1 atom stereocenters. The number of benzene rings is 1. The summed E-state index contributed by atoms with van der Waals surface area (Å²) < 4.78 is 5.08. The lowest BCUT2D eigenvalue weighted by Crippen LogP contribution is -2.15. The topological polar surface area (TPSA) is 29.5 Å². The van der Waals surface area contributed by atoms with Crippen LogP contribution in [0.5, 0.6) is 0 Å². The minimum Gasteiger partial charge on any atom is -0.466 e. The number of carbonyl (C=O) groups excluding carboxylic acids is 1. The molecule has 0 bridgehead atoms. The monoisotopic (exact) mass is 235 g/mol. The fourth-order valence-electron chi connectivity index (χ4n) is 1.79. The zero-order chi connectivity index (χ0) is 12.8. The molecule has 3 nitrogen and oxygen atoms in total. The van der Waals surface area contributed by atoms with Crippen LogP contribution in [-0.2, 0) is 9.53 Å². The normalized spacial score (nSPS) is 12.0. The summed E-state index contributed by atoms with van der Waals surface area (Å²) in [5, 5.41) is 0. The number of hydrogen-bond acceptors (Lipinski definition) is 3. The summed E-state index contributed by atoms with van der Waals surface area (Å²) in [7, 11) is 4.00. The Morgan fingerprint density at radius 3 is 2.24 bits per heavy atom. The van der Waals surface area contributed by atoms with E-state index in [0.29, 0.717) is 6.61 Å². The predicted octanol–water partition coefficient (Wildman–Crippen LogP) is 2.81. The maximum Gasteiger partial charge on any atom is 0.313 e. The Balaban J connectivity index is 2.85. The summed E-state index contributed by atoms with van der Waals surface area (Å²) in [5.41, 5.74) is 2.16. The van der Waals surface area contributed by atoms with Crippen molar-refractivity contribution in [1.29, 1.82) is 0 Å². The van der Waals surface area contributed by atoms with Gasteiger partial charge in [-0.05, 0) is 31.0 Å². The van der Waals surface area contributed by atoms with Crippen LogP contribution in [0.2, 0.25) is 0 Å². The van der Waals surface area contributed by atoms with Gasteiger partial charge in [0, 0.05) is 19.8 Å². The molecule has 17 heavy (non-hydrogen) atoms. The van der Waals surface area contributed by atoms with Gasteiger partial charge < -0.3 is 9.64 Å². The zero-order valence-corrected chi connectivity index (χ0v) is 11.1. The molecule has 0 saturated heterocycles. The number of rotatable bonds is 5. The van der Waals surface area contributed by atoms with E-state index in [2.05, 4.69) is 0 Å². The van der Waals surface area contributed by atoms with E-state index >= 15 is 0 Å². The second-order valence-electron chi connectivity index (χ2n) is 4.20. The Morgan fingerprint density at radius 1 is 1.24 bits per heavy atom. The molecule has 0 saturated carbocycles. The van der Waals surface area contributed by atoms with Crippen molar-refractivity contribution in [1.82, 2.24) is 0 Å². The molecule has 0 aliphatic rings. The van der Waals surface area contributed by atoms with Gasteiger partial charge in [0.2, 0.25) is 0 Å². The molecule has 0 heterocycles. The summed E-state index contributed by atoms with van der Waals surface area (Å²) >= 11 is 0. The van der Waals surface area contributed by atoms with Crippen molar-refractivity contribution in [3.8, 4) is 0 Å². The van der Waals surface area contributed by atoms with Crippen molar-refractivity contribution >= 4 is 11.7 Å². The lowest BCUT2D eigenvalue weighted by atomic mass is 9.96. The van der Waals surface area contributed by atoms with E-state index in [0.717, 1.165) is 17.7 Å². The molecule has 1 aromatic carbocycles. The standard InChI is InChI=1S/C14H21NO2/c1-5-13(14(16)17-6-2)11-7-9-12(10-8-11)15(3)4/h7-10,13H,5-6H2,1-4H3. The number of hydrogen-bond donors (Lipinski definition) is 0. The minimum atomic E-state index is -0.147. The first-order chi connectivity index (χ1) is 8.10. The fraction of sp³-hybridized carbons (Fsp3) is 0.500. The molecule has 0 aromatic heterocycles. The van der Waals surface area contributed by atoms with Gasteiger partial charge in [0.05, 0.1) is 12.5 Å². The van der Waals surface area contributed by atoms with Crippen LogP contribution in [0.1, 0.15) is 31.7 Å². The maximum atomic E-state index is 11.8. The fourth-order valence-corrected chi connectivity index (χ4v) is 1.79. The highest BCUT2D eigenvalue weighted by molar-refractivity contribution is 5.78. The highest BCUT2D eigenvalue weighted by Gasteiger charge is 2.19. The Kier molecular flexibility index (Phi) is 5.01. The first-order valence-electron chi connectivity index (χ1n) is 6.04. The molecule has 0 fully saturated rings. The van der Waals surface area contributed by atoms with Crippen LogP contribution >= 0.6 is 0 Å². The molecular formula is C14H21NO2. The van der Waals surface area contributed by atoms with Crippen LogP contribution < -0.4 is 4.90 Å². The van der Waals surface area contributed by atoms with E-state index in [-0.39, 0.29) is 11.9 Å². The van der Waals surface area contributed by atoms with Crippen LogP contribution in [0, 0.1) is 0 Å². The zero-order valence-electron chi connectivity index (χ0n) is 11.1. The molecule has 0 spiro atoms. The first kappa shape index (κ1) is 13.6. The number of esters is 1. The van der Waals surface area contributed by atoms with Crippen molar-refractivity contribution in [2.75, 3.05) is 25.6 Å². The lowest BCUT2D eigenvalue weighted by Gasteiger charge is -2.16.